The topological polar surface area (TPSA) is 0 Å². The van der Waals surface area contributed by atoms with E-state index in [1.54, 1.807) is 16.7 Å². The third-order valence-electron chi connectivity index (χ3n) is 4.67. The average Bonchev–Trinajstić information content (AvgIpc) is 2.71. The summed E-state index contributed by atoms with van der Waals surface area (Å²) in [6.45, 7) is 0. The molecule has 0 unspecified atom stereocenters. The van der Waals surface area contributed by atoms with E-state index in [2.05, 4.69) is 6.07 Å². The molecule has 3 aliphatic rings. The highest BCUT2D eigenvalue weighted by molar-refractivity contribution is 6.32. The van der Waals surface area contributed by atoms with E-state index in [0.717, 1.165) is 5.02 Å². The van der Waals surface area contributed by atoms with Crippen molar-refractivity contribution >= 4 is 11.6 Å². The van der Waals surface area contributed by atoms with Gasteiger partial charge in [0.15, 0.2) is 0 Å². The molecule has 3 aliphatic carbocycles. The summed E-state index contributed by atoms with van der Waals surface area (Å²) in [7, 11) is 0. The van der Waals surface area contributed by atoms with Gasteiger partial charge in [0.1, 0.15) is 0 Å². The van der Waals surface area contributed by atoms with Gasteiger partial charge in [-0.25, -0.2) is 0 Å². The summed E-state index contributed by atoms with van der Waals surface area (Å²) in [5, 5.41) is 1.16. The maximum absolute atomic E-state index is 6.62. The Morgan fingerprint density at radius 1 is 1.00 bits per heavy atom. The summed E-state index contributed by atoms with van der Waals surface area (Å²) in [6.07, 6.45) is 9.21. The molecule has 0 radical (unpaired) electrons. The smallest absolute Gasteiger partial charge is 0.0481 e. The number of rotatable bonds is 0. The van der Waals surface area contributed by atoms with E-state index in [-0.39, 0.29) is 0 Å². The van der Waals surface area contributed by atoms with Gasteiger partial charge in [-0.05, 0) is 72.6 Å². The Bertz CT molecular complexity index is 455. The molecule has 1 fully saturated rings. The van der Waals surface area contributed by atoms with Crippen molar-refractivity contribution in [2.45, 2.75) is 50.4 Å². The van der Waals surface area contributed by atoms with Crippen LogP contribution in [0.4, 0.5) is 0 Å². The standard InChI is InChI=1S/C14H15Cl/c15-13-11-3-1-2-9(11)8-10-4-5-14(6-7-14)12(10)13/h8H,1-7H2. The van der Waals surface area contributed by atoms with Gasteiger partial charge in [-0.2, -0.15) is 0 Å². The van der Waals surface area contributed by atoms with Crippen molar-refractivity contribution in [2.24, 2.45) is 0 Å². The van der Waals surface area contributed by atoms with Gasteiger partial charge in [-0.15, -0.1) is 0 Å². The van der Waals surface area contributed by atoms with Crippen molar-refractivity contribution in [2.75, 3.05) is 0 Å². The van der Waals surface area contributed by atoms with Crippen LogP contribution in [0.2, 0.25) is 5.02 Å². The SMILES string of the molecule is Clc1c2c(cc3c1C1(CC3)CC1)CCC2. The third kappa shape index (κ3) is 0.990. The van der Waals surface area contributed by atoms with Gasteiger partial charge in [0.25, 0.3) is 0 Å². The summed E-state index contributed by atoms with van der Waals surface area (Å²) >= 11 is 6.62. The van der Waals surface area contributed by atoms with Crippen LogP contribution >= 0.6 is 11.6 Å². The molecule has 0 bridgehead atoms. The van der Waals surface area contributed by atoms with Crippen LogP contribution in [0.25, 0.3) is 0 Å². The minimum atomic E-state index is 0.546. The molecule has 1 heteroatoms. The zero-order valence-corrected chi connectivity index (χ0v) is 9.66. The fourth-order valence-corrected chi connectivity index (χ4v) is 4.21. The first-order chi connectivity index (χ1) is 7.30. The highest BCUT2D eigenvalue weighted by Crippen LogP contribution is 2.59. The van der Waals surface area contributed by atoms with Crippen molar-refractivity contribution in [1.82, 2.24) is 0 Å². The van der Waals surface area contributed by atoms with Crippen LogP contribution in [-0.4, -0.2) is 0 Å². The van der Waals surface area contributed by atoms with Crippen molar-refractivity contribution in [1.29, 1.82) is 0 Å². The quantitative estimate of drug-likeness (QED) is 0.621. The lowest BCUT2D eigenvalue weighted by Gasteiger charge is -2.14. The molecule has 4 rings (SSSR count). The fourth-order valence-electron chi connectivity index (χ4n) is 3.67. The highest BCUT2D eigenvalue weighted by atomic mass is 35.5. The maximum Gasteiger partial charge on any atom is 0.0481 e. The molecule has 1 aromatic rings. The molecule has 1 saturated carbocycles. The minimum Gasteiger partial charge on any atom is -0.0837 e. The van der Waals surface area contributed by atoms with Crippen molar-refractivity contribution in [3.05, 3.63) is 33.3 Å². The fraction of sp³-hybridized carbons (Fsp3) is 0.571. The number of hydrogen-bond donors (Lipinski definition) is 0. The molecule has 0 heterocycles. The number of fused-ring (bicyclic) bond motifs is 3. The molecule has 15 heavy (non-hydrogen) atoms. The van der Waals surface area contributed by atoms with Gasteiger partial charge < -0.3 is 0 Å². The molecule has 1 spiro atoms. The lowest BCUT2D eigenvalue weighted by molar-refractivity contribution is 0.680. The van der Waals surface area contributed by atoms with E-state index >= 15 is 0 Å². The van der Waals surface area contributed by atoms with Crippen molar-refractivity contribution < 1.29 is 0 Å². The van der Waals surface area contributed by atoms with Crippen LogP contribution in [0.5, 0.6) is 0 Å². The van der Waals surface area contributed by atoms with Crippen LogP contribution < -0.4 is 0 Å². The lowest BCUT2D eigenvalue weighted by atomic mass is 9.94. The van der Waals surface area contributed by atoms with Gasteiger partial charge in [-0.1, -0.05) is 17.7 Å². The zero-order chi connectivity index (χ0) is 10.0. The van der Waals surface area contributed by atoms with Crippen molar-refractivity contribution in [3.8, 4) is 0 Å². The van der Waals surface area contributed by atoms with Crippen LogP contribution in [0, 0.1) is 0 Å². The Kier molecular flexibility index (Phi) is 1.50. The third-order valence-corrected chi connectivity index (χ3v) is 5.09. The number of hydrogen-bond acceptors (Lipinski definition) is 0. The second-order valence-electron chi connectivity index (χ2n) is 5.50. The second kappa shape index (κ2) is 2.60. The normalized spacial score (nSPS) is 24.3. The number of aryl methyl sites for hydroxylation is 2. The molecular formula is C14H15Cl. The summed E-state index contributed by atoms with van der Waals surface area (Å²) in [5.74, 6) is 0. The van der Waals surface area contributed by atoms with Crippen molar-refractivity contribution in [3.63, 3.8) is 0 Å². The summed E-state index contributed by atoms with van der Waals surface area (Å²) < 4.78 is 0. The number of halogens is 1. The molecule has 1 aromatic carbocycles. The van der Waals surface area contributed by atoms with E-state index < -0.39 is 0 Å². The van der Waals surface area contributed by atoms with Gasteiger partial charge in [0, 0.05) is 5.02 Å². The Morgan fingerprint density at radius 3 is 2.67 bits per heavy atom. The molecule has 0 saturated heterocycles. The molecule has 0 atom stereocenters. The average molecular weight is 219 g/mol. The minimum absolute atomic E-state index is 0.546. The molecule has 0 N–H and O–H groups in total. The first kappa shape index (κ1) is 8.64. The van der Waals surface area contributed by atoms with E-state index in [4.69, 9.17) is 11.6 Å². The molecule has 78 valence electrons. The maximum atomic E-state index is 6.62. The van der Waals surface area contributed by atoms with Gasteiger partial charge in [0.2, 0.25) is 0 Å². The molecule has 0 nitrogen and oxygen atoms in total. The van der Waals surface area contributed by atoms with Crippen LogP contribution in [-0.2, 0) is 24.7 Å². The first-order valence-corrected chi connectivity index (χ1v) is 6.52. The Morgan fingerprint density at radius 2 is 1.87 bits per heavy atom. The van der Waals surface area contributed by atoms with Gasteiger partial charge in [-0.3, -0.25) is 0 Å². The molecule has 0 aliphatic heterocycles. The summed E-state index contributed by atoms with van der Waals surface area (Å²) in [5.41, 5.74) is 6.73. The summed E-state index contributed by atoms with van der Waals surface area (Å²) in [6, 6.07) is 2.47. The van der Waals surface area contributed by atoms with Crippen LogP contribution in [0.3, 0.4) is 0 Å². The molecule has 0 aromatic heterocycles. The predicted octanol–water partition coefficient (Wildman–Crippen LogP) is 3.81. The van der Waals surface area contributed by atoms with Gasteiger partial charge >= 0.3 is 0 Å². The van der Waals surface area contributed by atoms with E-state index in [0.29, 0.717) is 5.41 Å². The zero-order valence-electron chi connectivity index (χ0n) is 8.91. The Labute approximate surface area is 95.6 Å². The second-order valence-corrected chi connectivity index (χ2v) is 5.87. The van der Waals surface area contributed by atoms with Crippen LogP contribution in [0.15, 0.2) is 6.07 Å². The largest absolute Gasteiger partial charge is 0.0837 e. The predicted molar refractivity (Wildman–Crippen MR) is 62.7 cm³/mol. The highest BCUT2D eigenvalue weighted by Gasteiger charge is 2.50. The van der Waals surface area contributed by atoms with Crippen LogP contribution in [0.1, 0.15) is 47.9 Å². The Balaban J connectivity index is 2.01. The molecule has 0 amide bonds. The molecular weight excluding hydrogens is 204 g/mol. The monoisotopic (exact) mass is 218 g/mol. The lowest BCUT2D eigenvalue weighted by Crippen LogP contribution is -2.02. The number of benzene rings is 1. The Hall–Kier alpha value is -0.490. The van der Waals surface area contributed by atoms with Gasteiger partial charge in [0.05, 0.1) is 0 Å². The first-order valence-electron chi connectivity index (χ1n) is 6.14. The van der Waals surface area contributed by atoms with E-state index in [9.17, 15) is 0 Å². The van der Waals surface area contributed by atoms with E-state index in [1.807, 2.05) is 0 Å². The summed E-state index contributed by atoms with van der Waals surface area (Å²) in [4.78, 5) is 0. The van der Waals surface area contributed by atoms with E-state index in [1.165, 1.54) is 50.5 Å².